The minimum Gasteiger partial charge on any atom is -0.369 e. The van der Waals surface area contributed by atoms with E-state index in [2.05, 4.69) is 0 Å². The summed E-state index contributed by atoms with van der Waals surface area (Å²) in [5.41, 5.74) is 5.85. The average molecular weight is 351 g/mol. The molecule has 8 heteroatoms. The lowest BCUT2D eigenvalue weighted by Crippen LogP contribution is -2.35. The number of anilines is 1. The minimum atomic E-state index is -3.48. The van der Waals surface area contributed by atoms with Crippen LogP contribution in [0.4, 0.5) is 5.69 Å². The summed E-state index contributed by atoms with van der Waals surface area (Å²) in [6.45, 7) is 1.34. The van der Waals surface area contributed by atoms with Crippen LogP contribution in [0.5, 0.6) is 0 Å². The summed E-state index contributed by atoms with van der Waals surface area (Å²) in [6, 6.07) is 6.25. The Kier molecular flexibility index (Phi) is 4.60. The monoisotopic (exact) mass is 351 g/mol. The zero-order chi connectivity index (χ0) is 17.3. The van der Waals surface area contributed by atoms with Gasteiger partial charge in [-0.2, -0.15) is 4.31 Å². The van der Waals surface area contributed by atoms with Crippen molar-refractivity contribution < 1.29 is 18.0 Å². The first-order chi connectivity index (χ1) is 11.4. The first kappa shape index (κ1) is 16.9. The number of sulfonamides is 1. The molecule has 0 aliphatic carbocycles. The van der Waals surface area contributed by atoms with Crippen LogP contribution in [0.1, 0.15) is 25.7 Å². The molecule has 24 heavy (non-hydrogen) atoms. The summed E-state index contributed by atoms with van der Waals surface area (Å²) in [7, 11) is -3.48. The molecule has 1 aromatic carbocycles. The van der Waals surface area contributed by atoms with Gasteiger partial charge in [-0.05, 0) is 37.1 Å². The molecule has 3 rings (SSSR count). The fourth-order valence-corrected chi connectivity index (χ4v) is 4.72. The van der Waals surface area contributed by atoms with Crippen LogP contribution in [0, 0.1) is 5.92 Å². The topological polar surface area (TPSA) is 101 Å². The Labute approximate surface area is 141 Å². The van der Waals surface area contributed by atoms with Crippen molar-refractivity contribution in [3.05, 3.63) is 24.3 Å². The van der Waals surface area contributed by atoms with E-state index in [0.717, 1.165) is 19.3 Å². The Morgan fingerprint density at radius 3 is 2.25 bits per heavy atom. The first-order valence-electron chi connectivity index (χ1n) is 8.09. The predicted octanol–water partition coefficient (Wildman–Crippen LogP) is 0.699. The average Bonchev–Trinajstić information content (AvgIpc) is 2.98. The number of hydrogen-bond donors (Lipinski definition) is 1. The number of carbonyl (C=O) groups excluding carboxylic acids is 2. The van der Waals surface area contributed by atoms with Crippen LogP contribution >= 0.6 is 0 Å². The van der Waals surface area contributed by atoms with Gasteiger partial charge in [0.05, 0.1) is 10.8 Å². The van der Waals surface area contributed by atoms with Crippen molar-refractivity contribution >= 4 is 27.5 Å². The molecule has 2 amide bonds. The zero-order valence-corrected chi connectivity index (χ0v) is 14.2. The number of amides is 2. The minimum absolute atomic E-state index is 0.100. The molecule has 0 spiro atoms. The van der Waals surface area contributed by atoms with Crippen molar-refractivity contribution in [1.29, 1.82) is 0 Å². The number of piperidine rings is 1. The molecular weight excluding hydrogens is 330 g/mol. The highest BCUT2D eigenvalue weighted by Crippen LogP contribution is 2.27. The number of primary amides is 1. The third-order valence-corrected chi connectivity index (χ3v) is 6.54. The van der Waals surface area contributed by atoms with Crippen LogP contribution in [-0.4, -0.2) is 44.2 Å². The van der Waals surface area contributed by atoms with Gasteiger partial charge in [0.25, 0.3) is 0 Å². The molecule has 1 aromatic rings. The van der Waals surface area contributed by atoms with E-state index < -0.39 is 21.8 Å². The second-order valence-electron chi connectivity index (χ2n) is 6.27. The highest BCUT2D eigenvalue weighted by Gasteiger charge is 2.34. The van der Waals surface area contributed by atoms with Crippen molar-refractivity contribution in [1.82, 2.24) is 4.31 Å². The SMILES string of the molecule is NC(=O)[C@@H]1CC(=O)N(c2ccc(S(=O)(=O)N3CCCCC3)cc2)C1. The molecule has 0 unspecified atom stereocenters. The van der Waals surface area contributed by atoms with E-state index in [1.807, 2.05) is 0 Å². The van der Waals surface area contributed by atoms with E-state index >= 15 is 0 Å². The number of carbonyl (C=O) groups is 2. The van der Waals surface area contributed by atoms with Crippen LogP contribution in [0.2, 0.25) is 0 Å². The standard InChI is InChI=1S/C16H21N3O4S/c17-16(21)12-10-15(20)19(11-12)13-4-6-14(7-5-13)24(22,23)18-8-2-1-3-9-18/h4-7,12H,1-3,8-11H2,(H2,17,21)/t12-/m1/s1. The quantitative estimate of drug-likeness (QED) is 0.863. The van der Waals surface area contributed by atoms with E-state index in [-0.39, 0.29) is 23.8 Å². The van der Waals surface area contributed by atoms with Crippen molar-refractivity contribution in [3.63, 3.8) is 0 Å². The fraction of sp³-hybridized carbons (Fsp3) is 0.500. The highest BCUT2D eigenvalue weighted by molar-refractivity contribution is 7.89. The lowest BCUT2D eigenvalue weighted by atomic mass is 10.1. The van der Waals surface area contributed by atoms with Gasteiger partial charge in [-0.3, -0.25) is 9.59 Å². The third kappa shape index (κ3) is 3.16. The van der Waals surface area contributed by atoms with Gasteiger partial charge in [-0.1, -0.05) is 6.42 Å². The van der Waals surface area contributed by atoms with Crippen molar-refractivity contribution in [2.45, 2.75) is 30.6 Å². The summed E-state index contributed by atoms with van der Waals surface area (Å²) in [6.07, 6.45) is 2.93. The Hall–Kier alpha value is -1.93. The number of rotatable bonds is 4. The molecule has 0 bridgehead atoms. The number of nitrogens with two attached hydrogens (primary N) is 1. The predicted molar refractivity (Wildman–Crippen MR) is 88.7 cm³/mol. The van der Waals surface area contributed by atoms with Gasteiger partial charge in [-0.15, -0.1) is 0 Å². The normalized spacial score (nSPS) is 22.8. The number of benzene rings is 1. The molecule has 1 atom stereocenters. The van der Waals surface area contributed by atoms with E-state index in [1.54, 1.807) is 12.1 Å². The molecule has 2 N–H and O–H groups in total. The molecule has 130 valence electrons. The highest BCUT2D eigenvalue weighted by atomic mass is 32.2. The van der Waals surface area contributed by atoms with E-state index in [4.69, 9.17) is 5.73 Å². The van der Waals surface area contributed by atoms with Gasteiger partial charge < -0.3 is 10.6 Å². The van der Waals surface area contributed by atoms with Crippen LogP contribution in [-0.2, 0) is 19.6 Å². The maximum atomic E-state index is 12.6. The van der Waals surface area contributed by atoms with Gasteiger partial charge in [0, 0.05) is 31.7 Å². The number of hydrogen-bond acceptors (Lipinski definition) is 4. The van der Waals surface area contributed by atoms with Crippen molar-refractivity contribution in [2.24, 2.45) is 11.7 Å². The van der Waals surface area contributed by atoms with Crippen LogP contribution < -0.4 is 10.6 Å². The molecule has 2 aliphatic rings. The second-order valence-corrected chi connectivity index (χ2v) is 8.20. The zero-order valence-electron chi connectivity index (χ0n) is 13.3. The van der Waals surface area contributed by atoms with Crippen molar-refractivity contribution in [2.75, 3.05) is 24.5 Å². The first-order valence-corrected chi connectivity index (χ1v) is 9.53. The van der Waals surface area contributed by atoms with Crippen LogP contribution in [0.15, 0.2) is 29.2 Å². The van der Waals surface area contributed by atoms with Crippen molar-refractivity contribution in [3.8, 4) is 0 Å². The Bertz CT molecular complexity index is 739. The summed E-state index contributed by atoms with van der Waals surface area (Å²) < 4.78 is 26.7. The smallest absolute Gasteiger partial charge is 0.243 e. The molecule has 0 aromatic heterocycles. The molecule has 2 heterocycles. The maximum Gasteiger partial charge on any atom is 0.243 e. The Balaban J connectivity index is 1.78. The van der Waals surface area contributed by atoms with Gasteiger partial charge in [0.2, 0.25) is 21.8 Å². The molecule has 2 aliphatic heterocycles. The second kappa shape index (κ2) is 6.52. The van der Waals surface area contributed by atoms with Crippen LogP contribution in [0.25, 0.3) is 0 Å². The van der Waals surface area contributed by atoms with Gasteiger partial charge in [0.15, 0.2) is 0 Å². The maximum absolute atomic E-state index is 12.6. The number of nitrogens with zero attached hydrogens (tertiary/aromatic N) is 2. The summed E-state index contributed by atoms with van der Waals surface area (Å²) in [5.74, 6) is -1.16. The van der Waals surface area contributed by atoms with E-state index in [0.29, 0.717) is 18.8 Å². The molecule has 2 saturated heterocycles. The molecular formula is C16H21N3O4S. The molecule has 0 radical (unpaired) electrons. The lowest BCUT2D eigenvalue weighted by Gasteiger charge is -2.26. The Morgan fingerprint density at radius 2 is 1.71 bits per heavy atom. The van der Waals surface area contributed by atoms with Crippen LogP contribution in [0.3, 0.4) is 0 Å². The lowest BCUT2D eigenvalue weighted by molar-refractivity contribution is -0.123. The summed E-state index contributed by atoms with van der Waals surface area (Å²) >= 11 is 0. The third-order valence-electron chi connectivity index (χ3n) is 4.63. The van der Waals surface area contributed by atoms with Gasteiger partial charge in [0.1, 0.15) is 0 Å². The van der Waals surface area contributed by atoms with E-state index in [9.17, 15) is 18.0 Å². The summed E-state index contributed by atoms with van der Waals surface area (Å²) in [4.78, 5) is 25.0. The Morgan fingerprint density at radius 1 is 1.08 bits per heavy atom. The molecule has 0 saturated carbocycles. The summed E-state index contributed by atoms with van der Waals surface area (Å²) in [5, 5.41) is 0. The van der Waals surface area contributed by atoms with Gasteiger partial charge in [-0.25, -0.2) is 8.42 Å². The largest absolute Gasteiger partial charge is 0.369 e. The fourth-order valence-electron chi connectivity index (χ4n) is 3.20. The van der Waals surface area contributed by atoms with Gasteiger partial charge >= 0.3 is 0 Å². The van der Waals surface area contributed by atoms with E-state index in [1.165, 1.54) is 21.3 Å². The molecule has 7 nitrogen and oxygen atoms in total. The molecule has 2 fully saturated rings.